The molecule has 8 atom stereocenters. The highest BCUT2D eigenvalue weighted by Crippen LogP contribution is 2.66. The lowest BCUT2D eigenvalue weighted by Gasteiger charge is -2.65. The number of carbonyl (C=O) groups excluding carboxylic acids is 6. The Morgan fingerprint density at radius 1 is 0.611 bits per heavy atom. The van der Waals surface area contributed by atoms with Crippen molar-refractivity contribution in [2.75, 3.05) is 38.2 Å². The minimum absolute atomic E-state index is 0.00455. The number of ether oxygens (including phenoxy) is 6. The topological polar surface area (TPSA) is 218 Å². The molecule has 2 spiro atoms. The lowest BCUT2D eigenvalue weighted by molar-refractivity contribution is -0.258. The summed E-state index contributed by atoms with van der Waals surface area (Å²) in [7, 11) is 4.38. The standard InChI is InChI=1S/C54H42N6O12/c1-67-46(61)40-42(48(63)69-3)57-24-23-52(29-56)37-25-32(26-55)38(39(52)45(57)72-53(40)33-19-11-13-21-35(33)58(50(53)65)27-30-15-7-5-8-16-30)44-60(37)43(49(64)70-4)41(47(62)68-2)54(71-44)34-20-12-14-22-36(34)59(51(54)66)28-31-17-9-6-10-18-31/h5-25,37-39,44-45H,27-28H2,1-4H3. The maximum absolute atomic E-state index is 15.8. The Balaban J connectivity index is 1.16. The van der Waals surface area contributed by atoms with E-state index in [1.165, 1.54) is 38.0 Å². The summed E-state index contributed by atoms with van der Waals surface area (Å²) in [5.41, 5.74) is -6.21. The fourth-order valence-electron chi connectivity index (χ4n) is 11.9. The van der Waals surface area contributed by atoms with Gasteiger partial charge in [0, 0.05) is 34.7 Å². The number of benzene rings is 4. The van der Waals surface area contributed by atoms with E-state index in [9.17, 15) is 29.7 Å². The zero-order valence-corrected chi connectivity index (χ0v) is 39.0. The predicted octanol–water partition coefficient (Wildman–Crippen LogP) is 4.50. The van der Waals surface area contributed by atoms with Crippen LogP contribution in [-0.4, -0.2) is 92.4 Å². The summed E-state index contributed by atoms with van der Waals surface area (Å²) in [6.45, 7) is 0.0120. The van der Waals surface area contributed by atoms with Gasteiger partial charge in [-0.2, -0.15) is 10.5 Å². The summed E-state index contributed by atoms with van der Waals surface area (Å²) in [5, 5.41) is 23.0. The molecule has 2 amide bonds. The fourth-order valence-corrected chi connectivity index (χ4v) is 11.9. The van der Waals surface area contributed by atoms with Crippen molar-refractivity contribution >= 4 is 47.1 Å². The number of piperidine rings is 1. The lowest BCUT2D eigenvalue weighted by Crippen LogP contribution is -2.75. The first-order valence-corrected chi connectivity index (χ1v) is 22.8. The molecule has 7 aliphatic heterocycles. The van der Waals surface area contributed by atoms with Gasteiger partial charge in [-0.3, -0.25) is 9.59 Å². The van der Waals surface area contributed by atoms with Gasteiger partial charge in [0.05, 0.1) is 71.1 Å². The Kier molecular flexibility index (Phi) is 10.5. The highest BCUT2D eigenvalue weighted by molar-refractivity contribution is 6.18. The molecule has 1 aliphatic carbocycles. The molecule has 4 aromatic carbocycles. The van der Waals surface area contributed by atoms with E-state index in [1.54, 1.807) is 48.5 Å². The largest absolute Gasteiger partial charge is 0.465 e. The number of anilines is 2. The first-order valence-electron chi connectivity index (χ1n) is 22.8. The van der Waals surface area contributed by atoms with E-state index < -0.39 is 105 Å². The molecule has 8 unspecified atom stereocenters. The molecular weight excluding hydrogens is 925 g/mol. The molecule has 4 aromatic rings. The van der Waals surface area contributed by atoms with Crippen molar-refractivity contribution in [3.8, 4) is 12.1 Å². The first-order chi connectivity index (χ1) is 34.9. The van der Waals surface area contributed by atoms with Gasteiger partial charge < -0.3 is 48.0 Å². The summed E-state index contributed by atoms with van der Waals surface area (Å²) < 4.78 is 36.1. The van der Waals surface area contributed by atoms with Crippen molar-refractivity contribution in [3.05, 3.63) is 178 Å². The van der Waals surface area contributed by atoms with Crippen LogP contribution in [-0.2, 0) is 81.5 Å². The van der Waals surface area contributed by atoms with Gasteiger partial charge >= 0.3 is 23.9 Å². The number of amides is 2. The number of carbonyl (C=O) groups is 6. The summed E-state index contributed by atoms with van der Waals surface area (Å²) >= 11 is 0. The van der Waals surface area contributed by atoms with Gasteiger partial charge in [0.15, 0.2) is 0 Å². The van der Waals surface area contributed by atoms with Crippen LogP contribution in [0, 0.1) is 39.9 Å². The minimum atomic E-state index is -2.45. The fraction of sp³-hybridized carbons (Fsp3) is 0.259. The molecule has 12 rings (SSSR count). The van der Waals surface area contributed by atoms with Crippen LogP contribution >= 0.6 is 0 Å². The first kappa shape index (κ1) is 45.6. The van der Waals surface area contributed by atoms with Crippen LogP contribution < -0.4 is 9.80 Å². The number of hydrogen-bond acceptors (Lipinski definition) is 16. The molecule has 18 heteroatoms. The monoisotopic (exact) mass is 966 g/mol. The van der Waals surface area contributed by atoms with Gasteiger partial charge in [-0.1, -0.05) is 97.1 Å². The minimum Gasteiger partial charge on any atom is -0.465 e. The summed E-state index contributed by atoms with van der Waals surface area (Å²) in [6.07, 6.45) is 1.11. The number of fused-ring (bicyclic) bond motifs is 5. The van der Waals surface area contributed by atoms with Crippen LogP contribution in [0.3, 0.4) is 0 Å². The van der Waals surface area contributed by atoms with Crippen LogP contribution in [0.5, 0.6) is 0 Å². The van der Waals surface area contributed by atoms with E-state index in [4.69, 9.17) is 28.4 Å². The van der Waals surface area contributed by atoms with E-state index in [-0.39, 0.29) is 29.8 Å². The van der Waals surface area contributed by atoms with Crippen LogP contribution in [0.25, 0.3) is 0 Å². The van der Waals surface area contributed by atoms with Crippen molar-refractivity contribution < 1.29 is 57.2 Å². The Labute approximate surface area is 411 Å². The third-order valence-electron chi connectivity index (χ3n) is 14.9. The molecule has 2 bridgehead atoms. The third-order valence-corrected chi connectivity index (χ3v) is 14.9. The smallest absolute Gasteiger partial charge is 0.355 e. The van der Waals surface area contributed by atoms with Gasteiger partial charge in [-0.25, -0.2) is 19.2 Å². The van der Waals surface area contributed by atoms with Crippen molar-refractivity contribution in [1.82, 2.24) is 9.80 Å². The molecule has 360 valence electrons. The van der Waals surface area contributed by atoms with Gasteiger partial charge in [0.25, 0.3) is 11.8 Å². The molecular formula is C54H42N6O12. The second-order valence-electron chi connectivity index (χ2n) is 18.0. The van der Waals surface area contributed by atoms with Crippen molar-refractivity contribution in [2.24, 2.45) is 17.3 Å². The second kappa shape index (κ2) is 16.7. The van der Waals surface area contributed by atoms with E-state index in [0.717, 1.165) is 39.6 Å². The molecule has 8 aliphatic rings. The van der Waals surface area contributed by atoms with Gasteiger partial charge in [-0.05, 0) is 35.4 Å². The number of methoxy groups -OCH3 is 4. The molecule has 18 nitrogen and oxygen atoms in total. The summed E-state index contributed by atoms with van der Waals surface area (Å²) in [5.74, 6) is -8.65. The van der Waals surface area contributed by atoms with E-state index >= 15 is 9.59 Å². The SMILES string of the molecule is COC(=O)C1=C(C(=O)OC)C2(OC3C4C5C(C#N)=CC(N6C(C(=O)OC)=C(C(=O)OC)C7(OC56)C(=O)N(Cc5ccccc5)c5ccccc57)C4(C#N)C=CN13)C(=O)N(Cc1ccccc1)c1ccccc12. The number of esters is 4. The van der Waals surface area contributed by atoms with Crippen molar-refractivity contribution in [1.29, 1.82) is 10.5 Å². The maximum Gasteiger partial charge on any atom is 0.355 e. The van der Waals surface area contributed by atoms with Crippen LogP contribution in [0.1, 0.15) is 22.3 Å². The summed E-state index contributed by atoms with van der Waals surface area (Å²) in [6, 6.07) is 34.8. The highest BCUT2D eigenvalue weighted by Gasteiger charge is 2.75. The predicted molar refractivity (Wildman–Crippen MR) is 249 cm³/mol. The molecule has 0 aromatic heterocycles. The normalized spacial score (nSPS) is 28.1. The zero-order valence-electron chi connectivity index (χ0n) is 39.0. The molecule has 1 fully saturated rings. The molecule has 72 heavy (non-hydrogen) atoms. The van der Waals surface area contributed by atoms with Crippen molar-refractivity contribution in [3.63, 3.8) is 0 Å². The molecule has 0 N–H and O–H groups in total. The Bertz CT molecular complexity index is 3280. The number of nitriles is 2. The second-order valence-corrected chi connectivity index (χ2v) is 18.0. The van der Waals surface area contributed by atoms with E-state index in [1.807, 2.05) is 60.7 Å². The Morgan fingerprint density at radius 3 is 1.56 bits per heavy atom. The average molecular weight is 967 g/mol. The number of hydrogen-bond donors (Lipinski definition) is 0. The maximum atomic E-state index is 15.8. The highest BCUT2D eigenvalue weighted by atomic mass is 16.6. The molecule has 0 saturated carbocycles. The van der Waals surface area contributed by atoms with E-state index in [0.29, 0.717) is 11.4 Å². The summed E-state index contributed by atoms with van der Waals surface area (Å²) in [4.78, 5) is 95.3. The van der Waals surface area contributed by atoms with Gasteiger partial charge in [0.1, 0.15) is 40.4 Å². The number of rotatable bonds is 8. The quantitative estimate of drug-likeness (QED) is 0.175. The number of nitrogens with zero attached hydrogens (tertiary/aromatic N) is 6. The van der Waals surface area contributed by atoms with Crippen molar-refractivity contribution in [2.45, 2.75) is 42.8 Å². The zero-order chi connectivity index (χ0) is 50.4. The molecule has 0 radical (unpaired) electrons. The Hall–Kier alpha value is -8.84. The Morgan fingerprint density at radius 2 is 1.07 bits per heavy atom. The van der Waals surface area contributed by atoms with Crippen LogP contribution in [0.2, 0.25) is 0 Å². The lowest BCUT2D eigenvalue weighted by atomic mass is 9.53. The van der Waals surface area contributed by atoms with E-state index in [2.05, 4.69) is 12.1 Å². The van der Waals surface area contributed by atoms with Gasteiger partial charge in [-0.15, -0.1) is 0 Å². The van der Waals surface area contributed by atoms with Gasteiger partial charge in [0.2, 0.25) is 11.2 Å². The van der Waals surface area contributed by atoms with Crippen LogP contribution in [0.15, 0.2) is 156 Å². The average Bonchev–Trinajstić information content (AvgIpc) is 3.78. The molecule has 7 heterocycles. The third kappa shape index (κ3) is 5.87. The van der Waals surface area contributed by atoms with Crippen LogP contribution in [0.4, 0.5) is 11.4 Å². The molecule has 1 saturated heterocycles. The number of para-hydroxylation sites is 2.